The Morgan fingerprint density at radius 1 is 1.75 bits per heavy atom. The van der Waals surface area contributed by atoms with E-state index in [0.717, 1.165) is 18.4 Å². The van der Waals surface area contributed by atoms with Crippen molar-refractivity contribution in [2.75, 3.05) is 18.1 Å². The molecule has 0 spiro atoms. The van der Waals surface area contributed by atoms with Crippen molar-refractivity contribution in [2.24, 2.45) is 0 Å². The number of thioether (sulfide) groups is 1. The zero-order valence-electron chi connectivity index (χ0n) is 6.62. The van der Waals surface area contributed by atoms with Crippen LogP contribution in [0, 0.1) is 12.3 Å². The first-order valence-corrected chi connectivity index (χ1v) is 4.57. The Hall–Kier alpha value is -1.08. The molecule has 2 N–H and O–H groups in total. The summed E-state index contributed by atoms with van der Waals surface area (Å²) >= 11 is 1.63. The minimum atomic E-state index is -0.946. The van der Waals surface area contributed by atoms with Crippen LogP contribution in [0.25, 0.3) is 0 Å². The van der Waals surface area contributed by atoms with Gasteiger partial charge in [-0.2, -0.15) is 0 Å². The fourth-order valence-electron chi connectivity index (χ4n) is 0.476. The van der Waals surface area contributed by atoms with Crippen LogP contribution in [0.3, 0.4) is 0 Å². The van der Waals surface area contributed by atoms with E-state index in [0.29, 0.717) is 5.75 Å². The smallest absolute Gasteiger partial charge is 0.329 e. The Labute approximate surface area is 76.2 Å². The van der Waals surface area contributed by atoms with E-state index in [4.69, 9.17) is 11.5 Å². The predicted octanol–water partition coefficient (Wildman–Crippen LogP) is 0.541. The molecule has 0 rings (SSSR count). The van der Waals surface area contributed by atoms with E-state index in [1.54, 1.807) is 11.8 Å². The number of hydrogen-bond acceptors (Lipinski definition) is 3. The summed E-state index contributed by atoms with van der Waals surface area (Å²) in [5.41, 5.74) is 0. The highest BCUT2D eigenvalue weighted by molar-refractivity contribution is 7.99. The molecule has 4 heteroatoms. The van der Waals surface area contributed by atoms with Gasteiger partial charge in [-0.05, 0) is 0 Å². The fraction of sp³-hybridized carbons (Fsp3) is 0.375. The van der Waals surface area contributed by atoms with Crippen molar-refractivity contribution in [1.82, 2.24) is 5.32 Å². The van der Waals surface area contributed by atoms with E-state index in [1.807, 2.05) is 0 Å². The molecule has 12 heavy (non-hydrogen) atoms. The van der Waals surface area contributed by atoms with Crippen LogP contribution in [0.5, 0.6) is 0 Å². The molecule has 0 atom stereocenters. The van der Waals surface area contributed by atoms with Crippen molar-refractivity contribution in [3.8, 4) is 12.3 Å². The van der Waals surface area contributed by atoms with Crippen molar-refractivity contribution in [1.29, 1.82) is 0 Å². The van der Waals surface area contributed by atoms with Crippen LogP contribution in [0.15, 0.2) is 12.3 Å². The lowest BCUT2D eigenvalue weighted by atomic mass is 10.6. The summed E-state index contributed by atoms with van der Waals surface area (Å²) in [5, 5.41) is 11.0. The van der Waals surface area contributed by atoms with Crippen LogP contribution in [0.4, 0.5) is 0 Å². The van der Waals surface area contributed by atoms with Gasteiger partial charge in [0.25, 0.3) is 0 Å². The van der Waals surface area contributed by atoms with Gasteiger partial charge in [0.2, 0.25) is 0 Å². The number of carbonyl (C=O) groups is 1. The molecular formula is C8H11NO2S. The summed E-state index contributed by atoms with van der Waals surface area (Å²) < 4.78 is 0. The Bertz CT molecular complexity index is 196. The Morgan fingerprint density at radius 2 is 2.50 bits per heavy atom. The minimum Gasteiger partial charge on any atom is -0.478 e. The zero-order chi connectivity index (χ0) is 9.23. The maximum atomic E-state index is 9.98. The molecular weight excluding hydrogens is 174 g/mol. The minimum absolute atomic E-state index is 0.699. The number of nitrogens with one attached hydrogen (secondary N) is 1. The SMILES string of the molecule is C#CCSCCN/C=C/C(=O)O. The molecule has 0 saturated carbocycles. The average molecular weight is 185 g/mol. The molecule has 0 aromatic rings. The normalized spacial score (nSPS) is 9.58. The number of terminal acetylenes is 1. The molecule has 0 saturated heterocycles. The lowest BCUT2D eigenvalue weighted by Gasteiger charge is -1.96. The molecule has 0 aliphatic carbocycles. The fourth-order valence-corrected chi connectivity index (χ4v) is 1.00. The van der Waals surface area contributed by atoms with Gasteiger partial charge in [0, 0.05) is 24.6 Å². The Balaban J connectivity index is 3.11. The van der Waals surface area contributed by atoms with Gasteiger partial charge >= 0.3 is 5.97 Å². The third kappa shape index (κ3) is 8.92. The van der Waals surface area contributed by atoms with Gasteiger partial charge < -0.3 is 10.4 Å². The maximum absolute atomic E-state index is 9.98. The van der Waals surface area contributed by atoms with Gasteiger partial charge in [0.05, 0.1) is 5.75 Å². The van der Waals surface area contributed by atoms with Crippen LogP contribution >= 0.6 is 11.8 Å². The number of hydrogen-bond donors (Lipinski definition) is 2. The second kappa shape index (κ2) is 8.02. The van der Waals surface area contributed by atoms with Crippen molar-refractivity contribution >= 4 is 17.7 Å². The van der Waals surface area contributed by atoms with Gasteiger partial charge in [-0.3, -0.25) is 0 Å². The second-order valence-corrected chi connectivity index (χ2v) is 2.99. The zero-order valence-corrected chi connectivity index (χ0v) is 7.43. The van der Waals surface area contributed by atoms with E-state index in [2.05, 4.69) is 11.2 Å². The monoisotopic (exact) mass is 185 g/mol. The maximum Gasteiger partial charge on any atom is 0.329 e. The number of aliphatic carboxylic acids is 1. The van der Waals surface area contributed by atoms with Crippen LogP contribution in [0.1, 0.15) is 0 Å². The quantitative estimate of drug-likeness (QED) is 0.360. The molecule has 3 nitrogen and oxygen atoms in total. The van der Waals surface area contributed by atoms with E-state index >= 15 is 0 Å². The third-order valence-corrected chi connectivity index (χ3v) is 1.78. The molecule has 66 valence electrons. The molecule has 0 aliphatic heterocycles. The summed E-state index contributed by atoms with van der Waals surface area (Å²) in [5.74, 6) is 3.14. The van der Waals surface area contributed by atoms with E-state index in [9.17, 15) is 4.79 Å². The van der Waals surface area contributed by atoms with Crippen molar-refractivity contribution in [2.45, 2.75) is 0 Å². The number of rotatable bonds is 6. The van der Waals surface area contributed by atoms with Crippen LogP contribution < -0.4 is 5.32 Å². The molecule has 0 bridgehead atoms. The Morgan fingerprint density at radius 3 is 3.08 bits per heavy atom. The standard InChI is InChI=1S/C8H11NO2S/c1-2-6-12-7-5-9-4-3-8(10)11/h1,3-4,9H,5-7H2,(H,10,11)/b4-3+. The number of carboxylic acids is 1. The predicted molar refractivity (Wildman–Crippen MR) is 50.9 cm³/mol. The van der Waals surface area contributed by atoms with Crippen molar-refractivity contribution in [3.63, 3.8) is 0 Å². The first-order chi connectivity index (χ1) is 5.77. The van der Waals surface area contributed by atoms with Gasteiger partial charge in [-0.1, -0.05) is 5.92 Å². The summed E-state index contributed by atoms with van der Waals surface area (Å²) in [6.07, 6.45) is 7.50. The molecule has 0 radical (unpaired) electrons. The molecule has 0 aromatic carbocycles. The van der Waals surface area contributed by atoms with E-state index in [-0.39, 0.29) is 0 Å². The van der Waals surface area contributed by atoms with Crippen LogP contribution in [-0.2, 0) is 4.79 Å². The van der Waals surface area contributed by atoms with Gasteiger partial charge in [0.1, 0.15) is 0 Å². The first-order valence-electron chi connectivity index (χ1n) is 3.41. The number of carboxylic acid groups (broad SMARTS) is 1. The largest absolute Gasteiger partial charge is 0.478 e. The Kier molecular flexibility index (Phi) is 7.30. The summed E-state index contributed by atoms with van der Waals surface area (Å²) in [6, 6.07) is 0. The molecule has 0 fully saturated rings. The lowest BCUT2D eigenvalue weighted by Crippen LogP contribution is -2.10. The molecule has 0 unspecified atom stereocenters. The highest BCUT2D eigenvalue weighted by atomic mass is 32.2. The van der Waals surface area contributed by atoms with Gasteiger partial charge in [-0.15, -0.1) is 18.2 Å². The van der Waals surface area contributed by atoms with Crippen molar-refractivity contribution in [3.05, 3.63) is 12.3 Å². The van der Waals surface area contributed by atoms with Crippen molar-refractivity contribution < 1.29 is 9.90 Å². The summed E-state index contributed by atoms with van der Waals surface area (Å²) in [4.78, 5) is 9.98. The molecule has 0 aliphatic rings. The second-order valence-electron chi connectivity index (χ2n) is 1.88. The van der Waals surface area contributed by atoms with Crippen LogP contribution in [0.2, 0.25) is 0 Å². The lowest BCUT2D eigenvalue weighted by molar-refractivity contribution is -0.131. The van der Waals surface area contributed by atoms with E-state index in [1.165, 1.54) is 6.20 Å². The van der Waals surface area contributed by atoms with Gasteiger partial charge in [0.15, 0.2) is 0 Å². The molecule has 0 aromatic heterocycles. The summed E-state index contributed by atoms with van der Waals surface area (Å²) in [7, 11) is 0. The molecule has 0 heterocycles. The first kappa shape index (κ1) is 10.9. The van der Waals surface area contributed by atoms with Gasteiger partial charge in [-0.25, -0.2) is 4.79 Å². The average Bonchev–Trinajstić information content (AvgIpc) is 2.02. The topological polar surface area (TPSA) is 49.3 Å². The highest BCUT2D eigenvalue weighted by Gasteiger charge is 1.85. The summed E-state index contributed by atoms with van der Waals surface area (Å²) in [6.45, 7) is 0.732. The third-order valence-electron chi connectivity index (χ3n) is 0.920. The molecule has 0 amide bonds. The van der Waals surface area contributed by atoms with Crippen LogP contribution in [-0.4, -0.2) is 29.1 Å². The highest BCUT2D eigenvalue weighted by Crippen LogP contribution is 1.94. The van der Waals surface area contributed by atoms with E-state index < -0.39 is 5.97 Å².